The van der Waals surface area contributed by atoms with Crippen LogP contribution in [0.15, 0.2) is 0 Å². The van der Waals surface area contributed by atoms with Gasteiger partial charge in [0.15, 0.2) is 0 Å². The molecule has 0 aliphatic heterocycles. The van der Waals surface area contributed by atoms with Gasteiger partial charge in [0, 0.05) is 11.5 Å². The highest BCUT2D eigenvalue weighted by atomic mass is 16.4. The number of carbonyl (C=O) groups is 2. The van der Waals surface area contributed by atoms with Gasteiger partial charge >= 0.3 is 5.97 Å². The fourth-order valence-corrected chi connectivity index (χ4v) is 2.27. The maximum Gasteiger partial charge on any atom is 0.306 e. The van der Waals surface area contributed by atoms with Gasteiger partial charge in [-0.05, 0) is 39.0 Å². The molecular weight excluding hydrogens is 218 g/mol. The van der Waals surface area contributed by atoms with E-state index in [-0.39, 0.29) is 23.3 Å². The average molecular weight is 241 g/mol. The molecule has 4 nitrogen and oxygen atoms in total. The molecule has 2 atom stereocenters. The number of aliphatic carboxylic acids is 1. The molecule has 0 aromatic carbocycles. The first-order chi connectivity index (χ1) is 7.91. The van der Waals surface area contributed by atoms with Crippen molar-refractivity contribution >= 4 is 11.9 Å². The summed E-state index contributed by atoms with van der Waals surface area (Å²) < 4.78 is 0. The number of carboxylic acid groups (broad SMARTS) is 1. The van der Waals surface area contributed by atoms with E-state index in [9.17, 15) is 9.59 Å². The highest BCUT2D eigenvalue weighted by Gasteiger charge is 2.35. The van der Waals surface area contributed by atoms with Gasteiger partial charge in [-0.1, -0.05) is 13.8 Å². The van der Waals surface area contributed by atoms with Crippen LogP contribution in [0, 0.1) is 11.8 Å². The molecule has 0 bridgehead atoms. The maximum absolute atomic E-state index is 12.0. The first-order valence-corrected chi connectivity index (χ1v) is 6.46. The van der Waals surface area contributed by atoms with Gasteiger partial charge in [0.25, 0.3) is 0 Å². The smallest absolute Gasteiger partial charge is 0.306 e. The number of hydrogen-bond acceptors (Lipinski definition) is 2. The van der Waals surface area contributed by atoms with E-state index in [1.165, 1.54) is 0 Å². The quantitative estimate of drug-likeness (QED) is 0.775. The Kier molecular flexibility index (Phi) is 4.54. The Bertz CT molecular complexity index is 297. The third kappa shape index (κ3) is 3.45. The van der Waals surface area contributed by atoms with Gasteiger partial charge in [0.2, 0.25) is 5.91 Å². The maximum atomic E-state index is 12.0. The number of hydrogen-bond donors (Lipinski definition) is 2. The van der Waals surface area contributed by atoms with E-state index in [2.05, 4.69) is 19.2 Å². The minimum absolute atomic E-state index is 0.0277. The summed E-state index contributed by atoms with van der Waals surface area (Å²) in [6.45, 7) is 6.14. The Morgan fingerprint density at radius 3 is 2.18 bits per heavy atom. The molecule has 1 aliphatic carbocycles. The summed E-state index contributed by atoms with van der Waals surface area (Å²) in [7, 11) is 0. The van der Waals surface area contributed by atoms with Crippen LogP contribution in [-0.2, 0) is 9.59 Å². The summed E-state index contributed by atoms with van der Waals surface area (Å²) in [6.07, 6.45) is 3.61. The normalized spacial score (nSPS) is 24.6. The van der Waals surface area contributed by atoms with Crippen molar-refractivity contribution in [2.24, 2.45) is 11.8 Å². The van der Waals surface area contributed by atoms with Crippen molar-refractivity contribution in [2.75, 3.05) is 0 Å². The largest absolute Gasteiger partial charge is 0.481 e. The van der Waals surface area contributed by atoms with Gasteiger partial charge < -0.3 is 10.4 Å². The lowest BCUT2D eigenvalue weighted by molar-refractivity contribution is -0.141. The summed E-state index contributed by atoms with van der Waals surface area (Å²) >= 11 is 0. The Labute approximate surface area is 103 Å². The number of nitrogens with one attached hydrogen (secondary N) is 1. The predicted molar refractivity (Wildman–Crippen MR) is 65.6 cm³/mol. The van der Waals surface area contributed by atoms with Gasteiger partial charge in [0.1, 0.15) is 0 Å². The minimum atomic E-state index is -0.769. The highest BCUT2D eigenvalue weighted by molar-refractivity contribution is 5.81. The molecule has 98 valence electrons. The van der Waals surface area contributed by atoms with Gasteiger partial charge in [-0.3, -0.25) is 9.59 Å². The zero-order chi connectivity index (χ0) is 13.1. The van der Waals surface area contributed by atoms with E-state index in [1.54, 1.807) is 0 Å². The Morgan fingerprint density at radius 1 is 1.24 bits per heavy atom. The number of carbonyl (C=O) groups excluding carboxylic acids is 1. The zero-order valence-corrected chi connectivity index (χ0v) is 11.0. The molecule has 0 radical (unpaired) electrons. The van der Waals surface area contributed by atoms with Gasteiger partial charge in [0.05, 0.1) is 5.92 Å². The van der Waals surface area contributed by atoms with Crippen LogP contribution >= 0.6 is 0 Å². The van der Waals surface area contributed by atoms with Crippen molar-refractivity contribution in [1.29, 1.82) is 0 Å². The third-order valence-corrected chi connectivity index (χ3v) is 4.14. The molecular formula is C13H23NO3. The van der Waals surface area contributed by atoms with Crippen LogP contribution in [0.3, 0.4) is 0 Å². The lowest BCUT2D eigenvalue weighted by atomic mass is 9.94. The number of rotatable bonds is 5. The molecule has 2 N–H and O–H groups in total. The molecule has 0 saturated heterocycles. The summed E-state index contributed by atoms with van der Waals surface area (Å²) in [5.74, 6) is -1.19. The fourth-order valence-electron chi connectivity index (χ4n) is 2.27. The van der Waals surface area contributed by atoms with E-state index in [0.717, 1.165) is 12.8 Å². The molecule has 1 amide bonds. The van der Waals surface area contributed by atoms with Crippen LogP contribution in [0.5, 0.6) is 0 Å². The highest BCUT2D eigenvalue weighted by Crippen LogP contribution is 2.31. The first kappa shape index (κ1) is 14.0. The molecule has 17 heavy (non-hydrogen) atoms. The van der Waals surface area contributed by atoms with Crippen molar-refractivity contribution in [1.82, 2.24) is 5.32 Å². The van der Waals surface area contributed by atoms with E-state index >= 15 is 0 Å². The van der Waals surface area contributed by atoms with Crippen molar-refractivity contribution in [3.63, 3.8) is 0 Å². The van der Waals surface area contributed by atoms with E-state index in [1.807, 2.05) is 6.92 Å². The van der Waals surface area contributed by atoms with Crippen molar-refractivity contribution in [3.8, 4) is 0 Å². The molecule has 0 aromatic heterocycles. The first-order valence-electron chi connectivity index (χ1n) is 6.46. The predicted octanol–water partition coefficient (Wildman–Crippen LogP) is 2.18. The van der Waals surface area contributed by atoms with Gasteiger partial charge in [-0.2, -0.15) is 0 Å². The average Bonchev–Trinajstić information content (AvgIpc) is 2.78. The summed E-state index contributed by atoms with van der Waals surface area (Å²) in [5.41, 5.74) is -0.154. The van der Waals surface area contributed by atoms with Crippen molar-refractivity contribution < 1.29 is 14.7 Å². The second-order valence-electron chi connectivity index (χ2n) is 5.30. The lowest BCUT2D eigenvalue weighted by Gasteiger charge is -2.29. The van der Waals surface area contributed by atoms with E-state index in [0.29, 0.717) is 19.3 Å². The molecule has 0 aromatic rings. The standard InChI is InChI=1S/C13H23NO3/c1-4-13(3,5-2)14-11(15)9-6-7-10(8-9)12(16)17/h9-10H,4-8H2,1-3H3,(H,14,15)(H,16,17). The summed E-state index contributed by atoms with van der Waals surface area (Å²) in [4.78, 5) is 22.9. The minimum Gasteiger partial charge on any atom is -0.481 e. The molecule has 1 aliphatic rings. The summed E-state index contributed by atoms with van der Waals surface area (Å²) in [6, 6.07) is 0. The van der Waals surface area contributed by atoms with Crippen molar-refractivity contribution in [3.05, 3.63) is 0 Å². The van der Waals surface area contributed by atoms with Crippen LogP contribution in [0.4, 0.5) is 0 Å². The number of carboxylic acids is 1. The molecule has 0 heterocycles. The Morgan fingerprint density at radius 2 is 1.76 bits per heavy atom. The zero-order valence-electron chi connectivity index (χ0n) is 11.0. The second-order valence-corrected chi connectivity index (χ2v) is 5.30. The topological polar surface area (TPSA) is 66.4 Å². The Balaban J connectivity index is 2.52. The van der Waals surface area contributed by atoms with Crippen LogP contribution in [-0.4, -0.2) is 22.5 Å². The van der Waals surface area contributed by atoms with Gasteiger partial charge in [-0.15, -0.1) is 0 Å². The van der Waals surface area contributed by atoms with Crippen LogP contribution < -0.4 is 5.32 Å². The fraction of sp³-hybridized carbons (Fsp3) is 0.846. The number of amides is 1. The molecule has 2 unspecified atom stereocenters. The van der Waals surface area contributed by atoms with Crippen LogP contribution in [0.1, 0.15) is 52.9 Å². The van der Waals surface area contributed by atoms with E-state index in [4.69, 9.17) is 5.11 Å². The molecule has 1 saturated carbocycles. The molecule has 1 rings (SSSR count). The SMILES string of the molecule is CCC(C)(CC)NC(=O)C1CCC(C(=O)O)C1. The third-order valence-electron chi connectivity index (χ3n) is 4.14. The van der Waals surface area contributed by atoms with Crippen LogP contribution in [0.2, 0.25) is 0 Å². The summed E-state index contributed by atoms with van der Waals surface area (Å²) in [5, 5.41) is 12.0. The monoisotopic (exact) mass is 241 g/mol. The van der Waals surface area contributed by atoms with Gasteiger partial charge in [-0.25, -0.2) is 0 Å². The van der Waals surface area contributed by atoms with Crippen molar-refractivity contribution in [2.45, 2.75) is 58.4 Å². The molecule has 0 spiro atoms. The second kappa shape index (κ2) is 5.52. The Hall–Kier alpha value is -1.06. The molecule has 4 heteroatoms. The van der Waals surface area contributed by atoms with Crippen LogP contribution in [0.25, 0.3) is 0 Å². The van der Waals surface area contributed by atoms with E-state index < -0.39 is 5.97 Å². The molecule has 1 fully saturated rings. The lowest BCUT2D eigenvalue weighted by Crippen LogP contribution is -2.47.